The Hall–Kier alpha value is -0.570. The summed E-state index contributed by atoms with van der Waals surface area (Å²) in [5.74, 6) is 1.02. The quantitative estimate of drug-likeness (QED) is 0.533. The second kappa shape index (κ2) is 8.69. The van der Waals surface area contributed by atoms with E-state index in [0.717, 1.165) is 32.1 Å². The average molecular weight is 341 g/mol. The molecule has 0 aromatic heterocycles. The van der Waals surface area contributed by atoms with Crippen molar-refractivity contribution >= 4 is 5.97 Å². The Kier molecular flexibility index (Phi) is 7.77. The van der Waals surface area contributed by atoms with E-state index in [1.807, 2.05) is 0 Å². The predicted molar refractivity (Wildman–Crippen MR) is 99.7 cm³/mol. The van der Waals surface area contributed by atoms with Gasteiger partial charge in [0, 0.05) is 6.42 Å². The van der Waals surface area contributed by atoms with E-state index in [1.165, 1.54) is 0 Å². The summed E-state index contributed by atoms with van der Waals surface area (Å²) in [4.78, 5) is 11.9. The number of rotatable bonds is 6. The van der Waals surface area contributed by atoms with Gasteiger partial charge in [0.1, 0.15) is 0 Å². The molecular weight excluding hydrogens is 300 g/mol. The molecule has 0 aliphatic heterocycles. The van der Waals surface area contributed by atoms with Crippen LogP contribution in [0.1, 0.15) is 87.0 Å². The molecule has 3 heteroatoms. The number of carbonyl (C=O) groups excluding carboxylic acids is 1. The molecule has 24 heavy (non-hydrogen) atoms. The minimum atomic E-state index is -0.252. The van der Waals surface area contributed by atoms with E-state index in [9.17, 15) is 9.90 Å². The van der Waals surface area contributed by atoms with E-state index >= 15 is 0 Å². The molecule has 0 spiro atoms. The zero-order chi connectivity index (χ0) is 18.5. The van der Waals surface area contributed by atoms with Gasteiger partial charge in [-0.15, -0.1) is 0 Å². The molecular formula is C21H40O3. The number of esters is 1. The molecule has 0 aromatic rings. The number of aliphatic hydroxyl groups is 1. The number of ether oxygens (including phenoxy) is 1. The van der Waals surface area contributed by atoms with Gasteiger partial charge in [-0.25, -0.2) is 0 Å². The van der Waals surface area contributed by atoms with Crippen LogP contribution in [-0.4, -0.2) is 23.8 Å². The smallest absolute Gasteiger partial charge is 0.305 e. The van der Waals surface area contributed by atoms with Crippen molar-refractivity contribution in [2.24, 2.45) is 28.6 Å². The second-order valence-corrected chi connectivity index (χ2v) is 9.89. The Balaban J connectivity index is 2.68. The first-order valence-corrected chi connectivity index (χ1v) is 9.80. The summed E-state index contributed by atoms with van der Waals surface area (Å²) >= 11 is 0. The third kappa shape index (κ3) is 6.38. The molecule has 1 aliphatic carbocycles. The van der Waals surface area contributed by atoms with Crippen molar-refractivity contribution in [3.05, 3.63) is 0 Å². The molecule has 2 atom stereocenters. The summed E-state index contributed by atoms with van der Waals surface area (Å²) in [6.45, 7) is 16.0. The van der Waals surface area contributed by atoms with Gasteiger partial charge in [0.25, 0.3) is 0 Å². The number of carbonyl (C=O) groups is 1. The first-order valence-electron chi connectivity index (χ1n) is 9.80. The summed E-state index contributed by atoms with van der Waals surface area (Å²) in [6.07, 6.45) is 5.17. The Morgan fingerprint density at radius 3 is 1.96 bits per heavy atom. The molecule has 1 N–H and O–H groups in total. The SMILES string of the molecule is CCCCOC(=O)CCC1CC(C(C)(C)C)C(O)C(C(C)(C)C)C1. The molecule has 0 radical (unpaired) electrons. The first-order chi connectivity index (χ1) is 11.0. The number of hydrogen-bond acceptors (Lipinski definition) is 3. The van der Waals surface area contributed by atoms with E-state index in [4.69, 9.17) is 4.74 Å². The van der Waals surface area contributed by atoms with Crippen LogP contribution in [0.4, 0.5) is 0 Å². The maximum atomic E-state index is 11.9. The topological polar surface area (TPSA) is 46.5 Å². The van der Waals surface area contributed by atoms with Gasteiger partial charge in [0.2, 0.25) is 0 Å². The molecule has 0 bridgehead atoms. The monoisotopic (exact) mass is 340 g/mol. The van der Waals surface area contributed by atoms with Crippen LogP contribution in [0.25, 0.3) is 0 Å². The third-order valence-electron chi connectivity index (χ3n) is 5.74. The number of unbranched alkanes of at least 4 members (excludes halogenated alkanes) is 1. The third-order valence-corrected chi connectivity index (χ3v) is 5.74. The van der Waals surface area contributed by atoms with Crippen LogP contribution in [0.3, 0.4) is 0 Å². The minimum absolute atomic E-state index is 0.0609. The lowest BCUT2D eigenvalue weighted by atomic mass is 9.58. The fourth-order valence-corrected chi connectivity index (χ4v) is 4.07. The van der Waals surface area contributed by atoms with Gasteiger partial charge in [-0.1, -0.05) is 54.9 Å². The van der Waals surface area contributed by atoms with Gasteiger partial charge in [0.05, 0.1) is 12.7 Å². The molecule has 0 amide bonds. The van der Waals surface area contributed by atoms with Crippen molar-refractivity contribution < 1.29 is 14.6 Å². The molecule has 3 nitrogen and oxygen atoms in total. The van der Waals surface area contributed by atoms with Crippen molar-refractivity contribution in [3.8, 4) is 0 Å². The van der Waals surface area contributed by atoms with Crippen LogP contribution in [0, 0.1) is 28.6 Å². The molecule has 0 aromatic carbocycles. The highest BCUT2D eigenvalue weighted by atomic mass is 16.5. The Labute approximate surface area is 149 Å². The Bertz CT molecular complexity index is 365. The van der Waals surface area contributed by atoms with Crippen molar-refractivity contribution in [1.82, 2.24) is 0 Å². The van der Waals surface area contributed by atoms with E-state index in [1.54, 1.807) is 0 Å². The van der Waals surface area contributed by atoms with Crippen molar-refractivity contribution in [2.45, 2.75) is 93.1 Å². The lowest BCUT2D eigenvalue weighted by Crippen LogP contribution is -2.47. The summed E-state index contributed by atoms with van der Waals surface area (Å²) in [5, 5.41) is 10.9. The summed E-state index contributed by atoms with van der Waals surface area (Å²) in [7, 11) is 0. The van der Waals surface area contributed by atoms with Gasteiger partial charge in [0.15, 0.2) is 0 Å². The van der Waals surface area contributed by atoms with E-state index in [-0.39, 0.29) is 34.7 Å². The summed E-state index contributed by atoms with van der Waals surface area (Å²) in [6, 6.07) is 0. The van der Waals surface area contributed by atoms with Gasteiger partial charge in [-0.05, 0) is 54.3 Å². The zero-order valence-corrected chi connectivity index (χ0v) is 17.0. The van der Waals surface area contributed by atoms with Crippen LogP contribution < -0.4 is 0 Å². The van der Waals surface area contributed by atoms with Crippen LogP contribution >= 0.6 is 0 Å². The molecule has 1 aliphatic rings. The van der Waals surface area contributed by atoms with Crippen LogP contribution in [0.2, 0.25) is 0 Å². The Morgan fingerprint density at radius 2 is 1.54 bits per heavy atom. The van der Waals surface area contributed by atoms with E-state index < -0.39 is 0 Å². The first kappa shape index (κ1) is 21.5. The minimum Gasteiger partial charge on any atom is -0.466 e. The largest absolute Gasteiger partial charge is 0.466 e. The molecule has 2 unspecified atom stereocenters. The standard InChI is InChI=1S/C21H40O3/c1-8-9-12-24-18(22)11-10-15-13-16(20(2,3)4)19(23)17(14-15)21(5,6)7/h15-17,19,23H,8-14H2,1-7H3. The predicted octanol–water partition coefficient (Wildman–Crippen LogP) is 5.21. The lowest BCUT2D eigenvalue weighted by Gasteiger charge is -2.49. The van der Waals surface area contributed by atoms with Gasteiger partial charge >= 0.3 is 5.97 Å². The van der Waals surface area contributed by atoms with Gasteiger partial charge < -0.3 is 9.84 Å². The molecule has 0 heterocycles. The van der Waals surface area contributed by atoms with Crippen LogP contribution in [-0.2, 0) is 9.53 Å². The second-order valence-electron chi connectivity index (χ2n) is 9.89. The number of aliphatic hydroxyl groups excluding tert-OH is 1. The molecule has 142 valence electrons. The van der Waals surface area contributed by atoms with Crippen molar-refractivity contribution in [3.63, 3.8) is 0 Å². The highest BCUT2D eigenvalue weighted by Gasteiger charge is 2.45. The van der Waals surface area contributed by atoms with Crippen LogP contribution in [0.15, 0.2) is 0 Å². The summed E-state index contributed by atoms with van der Waals surface area (Å²) < 4.78 is 5.29. The fraction of sp³-hybridized carbons (Fsp3) is 0.952. The Morgan fingerprint density at radius 1 is 1.04 bits per heavy atom. The normalized spacial score (nSPS) is 28.7. The zero-order valence-electron chi connectivity index (χ0n) is 17.0. The van der Waals surface area contributed by atoms with Crippen LogP contribution in [0.5, 0.6) is 0 Å². The summed E-state index contributed by atoms with van der Waals surface area (Å²) in [5.41, 5.74) is 0.173. The molecule has 1 rings (SSSR count). The van der Waals surface area contributed by atoms with Crippen molar-refractivity contribution in [2.75, 3.05) is 6.61 Å². The molecule has 1 fully saturated rings. The highest BCUT2D eigenvalue weighted by Crippen LogP contribution is 2.49. The highest BCUT2D eigenvalue weighted by molar-refractivity contribution is 5.69. The lowest BCUT2D eigenvalue weighted by molar-refractivity contribution is -0.144. The van der Waals surface area contributed by atoms with Crippen molar-refractivity contribution in [1.29, 1.82) is 0 Å². The van der Waals surface area contributed by atoms with Gasteiger partial charge in [-0.2, -0.15) is 0 Å². The number of hydrogen-bond donors (Lipinski definition) is 1. The van der Waals surface area contributed by atoms with E-state index in [2.05, 4.69) is 48.5 Å². The maximum Gasteiger partial charge on any atom is 0.305 e. The average Bonchev–Trinajstić information content (AvgIpc) is 2.44. The fourth-order valence-electron chi connectivity index (χ4n) is 4.07. The van der Waals surface area contributed by atoms with Gasteiger partial charge in [-0.3, -0.25) is 4.79 Å². The molecule has 0 saturated heterocycles. The van der Waals surface area contributed by atoms with E-state index in [0.29, 0.717) is 18.9 Å². The maximum absolute atomic E-state index is 11.9. The molecule has 1 saturated carbocycles.